The van der Waals surface area contributed by atoms with Gasteiger partial charge in [0.1, 0.15) is 11.5 Å². The molecule has 8 heteroatoms. The molecule has 0 spiro atoms. The van der Waals surface area contributed by atoms with E-state index in [2.05, 4.69) is 262 Å². The number of aromatic nitrogens is 4. The SMILES string of the molecule is C=Cc1ccc2c(c1)c1ccccc1n2P(Oc1ccccc1-c1ccccc1OP(n1c2ccccc2c2cc(C=C)ccc21)n1c2ccccc2c2cc(C=C)ccc21)n1c2ccccc2c2cc(C=C)ccc21. The van der Waals surface area contributed by atoms with Crippen LogP contribution in [0, 0.1) is 0 Å². The first kappa shape index (κ1) is 45.4. The summed E-state index contributed by atoms with van der Waals surface area (Å²) in [5, 5.41) is 9.11. The molecule has 4 heterocycles. The Bertz CT molecular complexity index is 4170. The molecule has 0 radical (unpaired) electrons. The van der Waals surface area contributed by atoms with Crippen molar-refractivity contribution in [3.63, 3.8) is 0 Å². The van der Waals surface area contributed by atoms with Gasteiger partial charge in [-0.2, -0.15) is 0 Å². The number of fused-ring (bicyclic) bond motifs is 12. The first-order valence-electron chi connectivity index (χ1n) is 25.3. The fraction of sp³-hybridized carbons (Fsp3) is 0. The van der Waals surface area contributed by atoms with Gasteiger partial charge in [0, 0.05) is 54.2 Å². The molecule has 0 aliphatic rings. The highest BCUT2D eigenvalue weighted by molar-refractivity contribution is 7.51. The molecule has 0 saturated carbocycles. The van der Waals surface area contributed by atoms with Crippen molar-refractivity contribution in [2.24, 2.45) is 0 Å². The Morgan fingerprint density at radius 1 is 0.263 bits per heavy atom. The highest BCUT2D eigenvalue weighted by Gasteiger charge is 2.32. The highest BCUT2D eigenvalue weighted by Crippen LogP contribution is 2.57. The van der Waals surface area contributed by atoms with Crippen LogP contribution in [0.1, 0.15) is 22.3 Å². The van der Waals surface area contributed by atoms with Crippen molar-refractivity contribution in [1.82, 2.24) is 17.4 Å². The van der Waals surface area contributed by atoms with Crippen LogP contribution in [0.5, 0.6) is 11.5 Å². The van der Waals surface area contributed by atoms with E-state index in [0.717, 1.165) is 132 Å². The first-order valence-corrected chi connectivity index (χ1v) is 27.6. The number of hydrogen-bond acceptors (Lipinski definition) is 2. The van der Waals surface area contributed by atoms with Gasteiger partial charge in [-0.05, 0) is 107 Å². The molecule has 0 aliphatic carbocycles. The van der Waals surface area contributed by atoms with Gasteiger partial charge in [0.25, 0.3) is 0 Å². The molecule has 0 saturated heterocycles. The topological polar surface area (TPSA) is 38.2 Å². The summed E-state index contributed by atoms with van der Waals surface area (Å²) < 4.78 is 25.4. The molecule has 0 bridgehead atoms. The Labute approximate surface area is 442 Å². The van der Waals surface area contributed by atoms with E-state index in [0.29, 0.717) is 0 Å². The monoisotopic (exact) mass is 1010 g/mol. The Balaban J connectivity index is 1.00. The summed E-state index contributed by atoms with van der Waals surface area (Å²) in [6.07, 6.45) is 7.65. The summed E-state index contributed by atoms with van der Waals surface area (Å²) in [6.45, 7) is 16.6. The van der Waals surface area contributed by atoms with Crippen molar-refractivity contribution in [2.45, 2.75) is 0 Å². The smallest absolute Gasteiger partial charge is 0.319 e. The molecule has 0 N–H and O–H groups in total. The van der Waals surface area contributed by atoms with Gasteiger partial charge in [-0.25, -0.2) is 0 Å². The van der Waals surface area contributed by atoms with Crippen LogP contribution in [0.3, 0.4) is 0 Å². The first-order chi connectivity index (χ1) is 37.5. The largest absolute Gasteiger partial charge is 0.435 e. The van der Waals surface area contributed by atoms with E-state index in [9.17, 15) is 0 Å². The van der Waals surface area contributed by atoms with Gasteiger partial charge < -0.3 is 9.05 Å². The van der Waals surface area contributed by atoms with Gasteiger partial charge in [0.2, 0.25) is 0 Å². The minimum atomic E-state index is -1.74. The Morgan fingerprint density at radius 2 is 0.500 bits per heavy atom. The molecular weight excluding hydrogens is 967 g/mol. The lowest BCUT2D eigenvalue weighted by Gasteiger charge is -2.27. The van der Waals surface area contributed by atoms with Gasteiger partial charge in [-0.3, -0.25) is 17.4 Å². The molecule has 10 aromatic carbocycles. The number of para-hydroxylation sites is 6. The van der Waals surface area contributed by atoms with E-state index >= 15 is 0 Å². The normalized spacial score (nSPS) is 11.9. The minimum absolute atomic E-state index is 0.721. The molecule has 362 valence electrons. The Morgan fingerprint density at radius 3 is 0.776 bits per heavy atom. The molecule has 14 aromatic rings. The Hall–Kier alpha value is -9.18. The van der Waals surface area contributed by atoms with E-state index in [1.165, 1.54) is 0 Å². The van der Waals surface area contributed by atoms with Crippen LogP contribution >= 0.6 is 16.9 Å². The van der Waals surface area contributed by atoms with Gasteiger partial charge in [0.05, 0.1) is 44.1 Å². The lowest BCUT2D eigenvalue weighted by molar-refractivity contribution is 0.592. The van der Waals surface area contributed by atoms with Crippen LogP contribution < -0.4 is 9.05 Å². The zero-order valence-electron chi connectivity index (χ0n) is 41.4. The van der Waals surface area contributed by atoms with E-state index < -0.39 is 16.9 Å². The van der Waals surface area contributed by atoms with Crippen molar-refractivity contribution in [2.75, 3.05) is 0 Å². The third-order valence-electron chi connectivity index (χ3n) is 14.7. The van der Waals surface area contributed by atoms with E-state index in [-0.39, 0.29) is 0 Å². The maximum absolute atomic E-state index is 7.89. The second-order valence-electron chi connectivity index (χ2n) is 18.9. The summed E-state index contributed by atoms with van der Waals surface area (Å²) in [5.41, 5.74) is 14.6. The second kappa shape index (κ2) is 18.3. The van der Waals surface area contributed by atoms with Crippen molar-refractivity contribution < 1.29 is 9.05 Å². The van der Waals surface area contributed by atoms with Crippen molar-refractivity contribution in [3.8, 4) is 22.6 Å². The quantitative estimate of drug-likeness (QED) is 0.108. The van der Waals surface area contributed by atoms with Crippen LogP contribution in [0.25, 0.3) is 123 Å². The fourth-order valence-electron chi connectivity index (χ4n) is 11.2. The molecule has 0 atom stereocenters. The Kier molecular flexibility index (Phi) is 11.0. The summed E-state index contributed by atoms with van der Waals surface area (Å²) in [6, 6.07) is 77.8. The van der Waals surface area contributed by atoms with Crippen molar-refractivity contribution in [1.29, 1.82) is 0 Å². The predicted octanol–water partition coefficient (Wildman–Crippen LogP) is 19.8. The third-order valence-corrected chi connectivity index (χ3v) is 18.5. The highest BCUT2D eigenvalue weighted by atomic mass is 31.2. The fourth-order valence-corrected chi connectivity index (χ4v) is 15.4. The summed E-state index contributed by atoms with van der Waals surface area (Å²) >= 11 is 0. The lowest BCUT2D eigenvalue weighted by atomic mass is 10.0. The summed E-state index contributed by atoms with van der Waals surface area (Å²) in [5.74, 6) is 1.44. The molecule has 6 nitrogen and oxygen atoms in total. The maximum Gasteiger partial charge on any atom is 0.319 e. The molecule has 14 rings (SSSR count). The van der Waals surface area contributed by atoms with Crippen LogP contribution in [-0.2, 0) is 0 Å². The zero-order valence-corrected chi connectivity index (χ0v) is 43.2. The van der Waals surface area contributed by atoms with Crippen LogP contribution in [0.2, 0.25) is 0 Å². The van der Waals surface area contributed by atoms with E-state index in [1.54, 1.807) is 0 Å². The summed E-state index contributed by atoms with van der Waals surface area (Å²) in [4.78, 5) is 0. The number of nitrogens with zero attached hydrogens (tertiary/aromatic N) is 4. The number of benzene rings is 10. The van der Waals surface area contributed by atoms with Crippen molar-refractivity contribution in [3.05, 3.63) is 267 Å². The molecule has 0 fully saturated rings. The average molecular weight is 1020 g/mol. The van der Waals surface area contributed by atoms with Crippen molar-refractivity contribution >= 4 is 128 Å². The minimum Gasteiger partial charge on any atom is -0.435 e. The molecule has 0 aliphatic heterocycles. The van der Waals surface area contributed by atoms with Crippen LogP contribution in [0.4, 0.5) is 0 Å². The molecule has 0 amide bonds. The van der Waals surface area contributed by atoms with Gasteiger partial charge in [-0.1, -0.05) is 184 Å². The maximum atomic E-state index is 7.89. The van der Waals surface area contributed by atoms with Crippen LogP contribution in [0.15, 0.2) is 245 Å². The third kappa shape index (κ3) is 7.10. The van der Waals surface area contributed by atoms with Gasteiger partial charge >= 0.3 is 16.9 Å². The molecule has 4 aromatic heterocycles. The number of rotatable bonds is 13. The van der Waals surface area contributed by atoms with Gasteiger partial charge in [-0.15, -0.1) is 0 Å². The molecule has 76 heavy (non-hydrogen) atoms. The predicted molar refractivity (Wildman–Crippen MR) is 327 cm³/mol. The standard InChI is InChI=1S/C68H48N4O2P2/c1-5-45-33-37-63-55(41-45)49-21-9-15-27-59(49)69(63)75(70-60-28-16-10-22-50(60)56-42-46(6-2)34-38-64(56)70)73-67-31-19-13-25-53(67)54-26-14-20-32-68(54)74-76(71-61-29-17-11-23-51(61)57-43-47(7-3)35-39-65(57)71)72-62-30-18-12-24-52(62)58-44-48(8-4)36-40-66(58)72/h5-44H,1-4H2. The van der Waals surface area contributed by atoms with E-state index in [1.807, 2.05) is 24.3 Å². The zero-order chi connectivity index (χ0) is 51.0. The number of hydrogen-bond donors (Lipinski definition) is 0. The van der Waals surface area contributed by atoms with E-state index in [4.69, 9.17) is 9.05 Å². The average Bonchev–Trinajstić information content (AvgIpc) is 4.33. The van der Waals surface area contributed by atoms with Crippen LogP contribution in [-0.4, -0.2) is 17.4 Å². The molecular formula is C68H48N4O2P2. The van der Waals surface area contributed by atoms with Gasteiger partial charge in [0.15, 0.2) is 0 Å². The molecule has 0 unspecified atom stereocenters. The summed E-state index contributed by atoms with van der Waals surface area (Å²) in [7, 11) is -3.48. The second-order valence-corrected chi connectivity index (χ2v) is 21.9. The lowest BCUT2D eigenvalue weighted by Crippen LogP contribution is -2.08.